The molecule has 0 aliphatic rings. The Bertz CT molecular complexity index is 827. The van der Waals surface area contributed by atoms with E-state index >= 15 is 0 Å². The van der Waals surface area contributed by atoms with Crippen molar-refractivity contribution < 1.29 is 4.39 Å². The molecule has 0 spiro atoms. The lowest BCUT2D eigenvalue weighted by Gasteiger charge is -2.03. The minimum absolute atomic E-state index is 0.247. The number of nitrogens with zero attached hydrogens (tertiary/aromatic N) is 4. The second-order valence-electron chi connectivity index (χ2n) is 3.55. The molecule has 0 aliphatic heterocycles. The number of pyridine rings is 1. The Morgan fingerprint density at radius 3 is 2.78 bits per heavy atom. The monoisotopic (exact) mass is 247 g/mol. The minimum atomic E-state index is -0.744. The van der Waals surface area contributed by atoms with Gasteiger partial charge in [-0.1, -0.05) is 0 Å². The molecule has 0 amide bonds. The average Bonchev–Trinajstić information content (AvgIpc) is 2.74. The van der Waals surface area contributed by atoms with Gasteiger partial charge in [0.2, 0.25) is 5.56 Å². The molecule has 18 heavy (non-hydrogen) atoms. The van der Waals surface area contributed by atoms with Crippen LogP contribution in [0, 0.1) is 5.82 Å². The second kappa shape index (κ2) is 3.62. The van der Waals surface area contributed by atoms with E-state index in [1.807, 2.05) is 0 Å². The number of nitrogens with one attached hydrogen (secondary N) is 1. The van der Waals surface area contributed by atoms with Gasteiger partial charge in [0.25, 0.3) is 5.56 Å². The number of aromatic nitrogens is 5. The van der Waals surface area contributed by atoms with E-state index in [1.165, 1.54) is 24.7 Å². The van der Waals surface area contributed by atoms with E-state index in [9.17, 15) is 14.0 Å². The lowest BCUT2D eigenvalue weighted by Crippen LogP contribution is -2.23. The van der Waals surface area contributed by atoms with Crippen molar-refractivity contribution in [1.82, 2.24) is 24.4 Å². The maximum absolute atomic E-state index is 13.4. The Morgan fingerprint density at radius 1 is 1.22 bits per heavy atom. The summed E-state index contributed by atoms with van der Waals surface area (Å²) in [6, 6.07) is 2.70. The topological polar surface area (TPSA) is 85.0 Å². The van der Waals surface area contributed by atoms with Crippen molar-refractivity contribution in [3.05, 3.63) is 57.4 Å². The maximum atomic E-state index is 13.4. The van der Waals surface area contributed by atoms with Crippen molar-refractivity contribution in [3.8, 4) is 5.69 Å². The fourth-order valence-electron chi connectivity index (χ4n) is 1.60. The SMILES string of the molecule is O=c1ccc(-n2cnn3ncc(F)c3c2=O)c[nH]1. The van der Waals surface area contributed by atoms with Gasteiger partial charge in [0.1, 0.15) is 6.33 Å². The predicted molar refractivity (Wildman–Crippen MR) is 59.2 cm³/mol. The third-order valence-corrected chi connectivity index (χ3v) is 2.45. The van der Waals surface area contributed by atoms with Gasteiger partial charge in [-0.05, 0) is 6.07 Å². The van der Waals surface area contributed by atoms with E-state index in [0.29, 0.717) is 5.69 Å². The van der Waals surface area contributed by atoms with E-state index in [1.54, 1.807) is 0 Å². The number of rotatable bonds is 1. The Balaban J connectivity index is 2.33. The summed E-state index contributed by atoms with van der Waals surface area (Å²) >= 11 is 0. The molecule has 0 unspecified atom stereocenters. The fourth-order valence-corrected chi connectivity index (χ4v) is 1.60. The summed E-state index contributed by atoms with van der Waals surface area (Å²) in [5, 5.41) is 7.39. The normalized spacial score (nSPS) is 10.9. The number of hydrogen-bond donors (Lipinski definition) is 1. The molecule has 1 N–H and O–H groups in total. The van der Waals surface area contributed by atoms with Crippen LogP contribution in [0.5, 0.6) is 0 Å². The molecule has 3 heterocycles. The van der Waals surface area contributed by atoms with Crippen LogP contribution in [0.15, 0.2) is 40.4 Å². The largest absolute Gasteiger partial charge is 0.327 e. The smallest absolute Gasteiger partial charge is 0.287 e. The maximum Gasteiger partial charge on any atom is 0.287 e. The first-order chi connectivity index (χ1) is 8.66. The van der Waals surface area contributed by atoms with E-state index < -0.39 is 11.4 Å². The summed E-state index contributed by atoms with van der Waals surface area (Å²) in [5.41, 5.74) is -0.762. The Hall–Kier alpha value is -2.77. The molecule has 3 aromatic rings. The van der Waals surface area contributed by atoms with Gasteiger partial charge < -0.3 is 4.98 Å². The zero-order valence-corrected chi connectivity index (χ0v) is 8.87. The molecule has 0 aliphatic carbocycles. The highest BCUT2D eigenvalue weighted by Crippen LogP contribution is 2.04. The first kappa shape index (κ1) is 10.4. The minimum Gasteiger partial charge on any atom is -0.327 e. The molecule has 0 saturated carbocycles. The van der Waals surface area contributed by atoms with Gasteiger partial charge in [-0.2, -0.15) is 5.10 Å². The number of hydrogen-bond acceptors (Lipinski definition) is 4. The summed E-state index contributed by atoms with van der Waals surface area (Å²) in [4.78, 5) is 25.4. The predicted octanol–water partition coefficient (Wildman–Crippen LogP) is -0.292. The van der Waals surface area contributed by atoms with Crippen LogP contribution in [0.2, 0.25) is 0 Å². The molecule has 0 fully saturated rings. The van der Waals surface area contributed by atoms with Crippen molar-refractivity contribution in [2.75, 3.05) is 0 Å². The molecule has 0 radical (unpaired) electrons. The van der Waals surface area contributed by atoms with Crippen LogP contribution in [0.1, 0.15) is 0 Å². The van der Waals surface area contributed by atoms with Crippen molar-refractivity contribution in [2.45, 2.75) is 0 Å². The summed E-state index contributed by atoms with van der Waals surface area (Å²) in [5.74, 6) is -0.744. The van der Waals surface area contributed by atoms with E-state index in [2.05, 4.69) is 15.2 Å². The molecule has 3 aromatic heterocycles. The quantitative estimate of drug-likeness (QED) is 0.640. The molecule has 0 aromatic carbocycles. The van der Waals surface area contributed by atoms with Gasteiger partial charge in [0.15, 0.2) is 11.3 Å². The van der Waals surface area contributed by atoms with Crippen molar-refractivity contribution in [1.29, 1.82) is 0 Å². The standard InChI is InChI=1S/C10H6FN5O2/c11-7-4-13-16-9(7)10(18)15(5-14-16)6-1-2-8(17)12-3-6/h1-5H,(H,12,17). The number of halogens is 1. The Kier molecular flexibility index (Phi) is 2.09. The average molecular weight is 247 g/mol. The van der Waals surface area contributed by atoms with Crippen LogP contribution in [-0.2, 0) is 0 Å². The Morgan fingerprint density at radius 2 is 2.06 bits per heavy atom. The third kappa shape index (κ3) is 1.43. The number of aromatic amines is 1. The van der Waals surface area contributed by atoms with E-state index in [0.717, 1.165) is 15.4 Å². The highest BCUT2D eigenvalue weighted by Gasteiger charge is 2.11. The molecule has 8 heteroatoms. The van der Waals surface area contributed by atoms with Crippen LogP contribution in [-0.4, -0.2) is 24.4 Å². The second-order valence-corrected chi connectivity index (χ2v) is 3.55. The van der Waals surface area contributed by atoms with Gasteiger partial charge in [0.05, 0.1) is 11.9 Å². The highest BCUT2D eigenvalue weighted by molar-refractivity contribution is 5.45. The summed E-state index contributed by atoms with van der Waals surface area (Å²) in [6.45, 7) is 0. The van der Waals surface area contributed by atoms with Gasteiger partial charge in [-0.15, -0.1) is 9.73 Å². The van der Waals surface area contributed by atoms with Crippen LogP contribution in [0.25, 0.3) is 11.2 Å². The zero-order chi connectivity index (χ0) is 12.7. The fraction of sp³-hybridized carbons (Fsp3) is 0. The molecular weight excluding hydrogens is 241 g/mol. The zero-order valence-electron chi connectivity index (χ0n) is 8.87. The van der Waals surface area contributed by atoms with Crippen molar-refractivity contribution >= 4 is 5.52 Å². The summed E-state index contributed by atoms with van der Waals surface area (Å²) in [7, 11) is 0. The van der Waals surface area contributed by atoms with Crippen molar-refractivity contribution in [3.63, 3.8) is 0 Å². The lowest BCUT2D eigenvalue weighted by atomic mass is 10.4. The molecule has 7 nitrogen and oxygen atoms in total. The van der Waals surface area contributed by atoms with Gasteiger partial charge in [-0.3, -0.25) is 14.2 Å². The van der Waals surface area contributed by atoms with E-state index in [4.69, 9.17) is 0 Å². The molecule has 0 bridgehead atoms. The summed E-state index contributed by atoms with van der Waals surface area (Å²) in [6.07, 6.45) is 3.46. The lowest BCUT2D eigenvalue weighted by molar-refractivity contribution is 0.635. The van der Waals surface area contributed by atoms with Crippen molar-refractivity contribution in [2.24, 2.45) is 0 Å². The van der Waals surface area contributed by atoms with Gasteiger partial charge in [0, 0.05) is 12.3 Å². The van der Waals surface area contributed by atoms with Crippen LogP contribution >= 0.6 is 0 Å². The highest BCUT2D eigenvalue weighted by atomic mass is 19.1. The first-order valence-corrected chi connectivity index (χ1v) is 4.97. The third-order valence-electron chi connectivity index (χ3n) is 2.45. The van der Waals surface area contributed by atoms with Gasteiger partial charge in [-0.25, -0.2) is 4.39 Å². The van der Waals surface area contributed by atoms with Gasteiger partial charge >= 0.3 is 0 Å². The number of fused-ring (bicyclic) bond motifs is 1. The molecular formula is C10H6FN5O2. The van der Waals surface area contributed by atoms with E-state index in [-0.39, 0.29) is 11.1 Å². The van der Waals surface area contributed by atoms with Crippen LogP contribution in [0.4, 0.5) is 4.39 Å². The molecule has 0 saturated heterocycles. The summed E-state index contributed by atoms with van der Waals surface area (Å²) < 4.78 is 15.4. The first-order valence-electron chi connectivity index (χ1n) is 4.97. The molecule has 3 rings (SSSR count). The van der Waals surface area contributed by atoms with Crippen LogP contribution < -0.4 is 11.1 Å². The number of H-pyrrole nitrogens is 1. The Labute approximate surface area is 98.1 Å². The molecule has 0 atom stereocenters. The van der Waals surface area contributed by atoms with Crippen LogP contribution in [0.3, 0.4) is 0 Å². The molecule has 90 valence electrons.